The highest BCUT2D eigenvalue weighted by atomic mass is 16.2. The number of anilines is 2. The number of carbonyl (C=O) groups is 2. The number of amides is 1. The number of ketones is 1. The summed E-state index contributed by atoms with van der Waals surface area (Å²) in [7, 11) is 1.69. The topological polar surface area (TPSA) is 90.4 Å². The molecule has 1 atom stereocenters. The number of aryl methyl sites for hydroxylation is 1. The summed E-state index contributed by atoms with van der Waals surface area (Å²) in [6, 6.07) is 17.6. The number of Topliss-reactive ketones (excluding diaryl/α,β-unsaturated/α-hetero) is 1. The fraction of sp³-hybridized carbons (Fsp3) is 0.269. The molecule has 5 rings (SSSR count). The average molecular weight is 425 g/mol. The monoisotopic (exact) mass is 424 g/mol. The van der Waals surface area contributed by atoms with Crippen molar-refractivity contribution >= 4 is 23.1 Å². The fourth-order valence-corrected chi connectivity index (χ4v) is 5.41. The van der Waals surface area contributed by atoms with E-state index in [0.717, 1.165) is 17.8 Å². The third-order valence-corrected chi connectivity index (χ3v) is 6.91. The molecule has 0 unspecified atom stereocenters. The van der Waals surface area contributed by atoms with Crippen molar-refractivity contribution in [2.75, 3.05) is 16.8 Å². The van der Waals surface area contributed by atoms with Gasteiger partial charge in [-0.1, -0.05) is 37.3 Å². The largest absolute Gasteiger partial charge is 0.384 e. The molecular weight excluding hydrogens is 400 g/mol. The summed E-state index contributed by atoms with van der Waals surface area (Å²) in [5.74, 6) is -0.189. The lowest BCUT2D eigenvalue weighted by molar-refractivity contribution is -0.124. The number of para-hydroxylation sites is 1. The van der Waals surface area contributed by atoms with Gasteiger partial charge in [0.15, 0.2) is 5.78 Å². The molecule has 3 aliphatic rings. The van der Waals surface area contributed by atoms with Crippen molar-refractivity contribution < 1.29 is 9.59 Å². The first kappa shape index (κ1) is 20.1. The van der Waals surface area contributed by atoms with Crippen LogP contribution in [0.15, 0.2) is 71.2 Å². The lowest BCUT2D eigenvalue weighted by Gasteiger charge is -2.43. The molecule has 2 aromatic rings. The van der Waals surface area contributed by atoms with Crippen molar-refractivity contribution in [3.8, 4) is 6.07 Å². The summed E-state index contributed by atoms with van der Waals surface area (Å²) in [4.78, 5) is 30.7. The highest BCUT2D eigenvalue weighted by Crippen LogP contribution is 2.56. The molecule has 32 heavy (non-hydrogen) atoms. The number of carbonyl (C=O) groups excluding carboxylic acids is 2. The van der Waals surface area contributed by atoms with E-state index in [2.05, 4.69) is 13.0 Å². The maximum Gasteiger partial charge on any atom is 0.247 e. The van der Waals surface area contributed by atoms with Crippen LogP contribution in [0.3, 0.4) is 0 Å². The Morgan fingerprint density at radius 2 is 1.81 bits per heavy atom. The van der Waals surface area contributed by atoms with E-state index in [0.29, 0.717) is 36.1 Å². The van der Waals surface area contributed by atoms with Crippen LogP contribution < -0.4 is 15.5 Å². The third kappa shape index (κ3) is 2.39. The minimum absolute atomic E-state index is 0.0971. The van der Waals surface area contributed by atoms with Gasteiger partial charge < -0.3 is 10.6 Å². The Bertz CT molecular complexity index is 1270. The number of benzene rings is 2. The fourth-order valence-electron chi connectivity index (χ4n) is 5.41. The molecule has 0 bridgehead atoms. The van der Waals surface area contributed by atoms with Gasteiger partial charge in [-0.15, -0.1) is 0 Å². The number of fused-ring (bicyclic) bond motifs is 3. The van der Waals surface area contributed by atoms with Crippen molar-refractivity contribution in [1.29, 1.82) is 5.26 Å². The molecular formula is C26H24N4O2. The van der Waals surface area contributed by atoms with E-state index in [4.69, 9.17) is 5.73 Å². The van der Waals surface area contributed by atoms with Crippen molar-refractivity contribution in [3.05, 3.63) is 82.3 Å². The Hall–Kier alpha value is -3.85. The highest BCUT2D eigenvalue weighted by Gasteiger charge is 2.61. The standard InChI is InChI=1S/C26H24N4O2/c1-3-16-11-13-17(14-12-16)30-21-9-6-10-22(31)23(21)26(19(15-27)24(30)28)18-7-4-5-8-20(18)29(2)25(26)32/h4-5,7-8,11-14H,3,6,9-10,28H2,1-2H3/t26-/m0/s1. The second-order valence-electron chi connectivity index (χ2n) is 8.46. The molecule has 0 fully saturated rings. The van der Waals surface area contributed by atoms with E-state index in [-0.39, 0.29) is 23.1 Å². The maximum atomic E-state index is 13.9. The van der Waals surface area contributed by atoms with E-state index < -0.39 is 5.41 Å². The smallest absolute Gasteiger partial charge is 0.247 e. The van der Waals surface area contributed by atoms with Gasteiger partial charge in [0.1, 0.15) is 17.3 Å². The third-order valence-electron chi connectivity index (χ3n) is 6.91. The Morgan fingerprint density at radius 3 is 2.50 bits per heavy atom. The van der Waals surface area contributed by atoms with Crippen LogP contribution in [0.4, 0.5) is 11.4 Å². The Balaban J connectivity index is 1.86. The zero-order chi connectivity index (χ0) is 22.6. The molecule has 1 spiro atoms. The highest BCUT2D eigenvalue weighted by molar-refractivity contribution is 6.20. The molecule has 0 radical (unpaired) electrons. The Kier molecular flexibility index (Phi) is 4.45. The molecule has 0 saturated carbocycles. The van der Waals surface area contributed by atoms with Crippen LogP contribution in [0, 0.1) is 11.3 Å². The van der Waals surface area contributed by atoms with Crippen LogP contribution >= 0.6 is 0 Å². The van der Waals surface area contributed by atoms with E-state index in [1.54, 1.807) is 7.05 Å². The number of nitriles is 1. The number of hydrogen-bond acceptors (Lipinski definition) is 5. The van der Waals surface area contributed by atoms with Crippen LogP contribution in [0.1, 0.15) is 37.3 Å². The molecule has 2 aliphatic heterocycles. The number of nitrogens with zero attached hydrogens (tertiary/aromatic N) is 3. The van der Waals surface area contributed by atoms with Crippen LogP contribution in [0.25, 0.3) is 0 Å². The molecule has 0 saturated heterocycles. The number of allylic oxidation sites excluding steroid dienone is 1. The lowest BCUT2D eigenvalue weighted by atomic mass is 9.64. The summed E-state index contributed by atoms with van der Waals surface area (Å²) >= 11 is 0. The molecule has 2 heterocycles. The van der Waals surface area contributed by atoms with Crippen LogP contribution in [-0.2, 0) is 21.4 Å². The summed E-state index contributed by atoms with van der Waals surface area (Å²) in [6.45, 7) is 2.09. The van der Waals surface area contributed by atoms with Gasteiger partial charge in [0.05, 0.1) is 5.57 Å². The number of likely N-dealkylation sites (N-methyl/N-ethyl adjacent to an activating group) is 1. The van der Waals surface area contributed by atoms with Crippen LogP contribution in [0.2, 0.25) is 0 Å². The van der Waals surface area contributed by atoms with Crippen molar-refractivity contribution in [1.82, 2.24) is 0 Å². The van der Waals surface area contributed by atoms with Crippen molar-refractivity contribution in [2.45, 2.75) is 38.0 Å². The van der Waals surface area contributed by atoms with E-state index in [1.165, 1.54) is 10.5 Å². The quantitative estimate of drug-likeness (QED) is 0.794. The minimum atomic E-state index is -1.49. The lowest BCUT2D eigenvalue weighted by Crippen LogP contribution is -2.52. The molecule has 160 valence electrons. The van der Waals surface area contributed by atoms with Gasteiger partial charge in [0, 0.05) is 41.7 Å². The summed E-state index contributed by atoms with van der Waals surface area (Å²) in [6.07, 6.45) is 2.54. The second-order valence-corrected chi connectivity index (χ2v) is 8.46. The predicted octanol–water partition coefficient (Wildman–Crippen LogP) is 3.68. The normalized spacial score (nSPS) is 22.4. The van der Waals surface area contributed by atoms with Crippen molar-refractivity contribution in [2.24, 2.45) is 5.73 Å². The molecule has 0 aromatic heterocycles. The van der Waals surface area contributed by atoms with Gasteiger partial charge >= 0.3 is 0 Å². The van der Waals surface area contributed by atoms with Gasteiger partial charge in [-0.2, -0.15) is 5.26 Å². The maximum absolute atomic E-state index is 13.9. The van der Waals surface area contributed by atoms with Gasteiger partial charge in [-0.25, -0.2) is 0 Å². The first-order valence-corrected chi connectivity index (χ1v) is 10.9. The Labute approximate surface area is 187 Å². The molecule has 2 N–H and O–H groups in total. The van der Waals surface area contributed by atoms with Crippen LogP contribution in [-0.4, -0.2) is 18.7 Å². The minimum Gasteiger partial charge on any atom is -0.384 e. The summed E-state index contributed by atoms with van der Waals surface area (Å²) in [5.41, 5.74) is 9.74. The van der Waals surface area contributed by atoms with Gasteiger partial charge in [0.25, 0.3) is 0 Å². The number of hydrogen-bond donors (Lipinski definition) is 1. The van der Waals surface area contributed by atoms with Crippen molar-refractivity contribution in [3.63, 3.8) is 0 Å². The van der Waals surface area contributed by atoms with Gasteiger partial charge in [0.2, 0.25) is 5.91 Å². The van der Waals surface area contributed by atoms with E-state index in [9.17, 15) is 14.9 Å². The summed E-state index contributed by atoms with van der Waals surface area (Å²) in [5, 5.41) is 10.3. The first-order valence-electron chi connectivity index (χ1n) is 10.9. The molecule has 6 nitrogen and oxygen atoms in total. The molecule has 2 aromatic carbocycles. The average Bonchev–Trinajstić information content (AvgIpc) is 3.03. The van der Waals surface area contributed by atoms with Crippen LogP contribution in [0.5, 0.6) is 0 Å². The van der Waals surface area contributed by atoms with Gasteiger partial charge in [-0.05, 0) is 43.0 Å². The molecule has 1 amide bonds. The van der Waals surface area contributed by atoms with Gasteiger partial charge in [-0.3, -0.25) is 14.5 Å². The number of nitrogens with two attached hydrogens (primary N) is 1. The molecule has 6 heteroatoms. The predicted molar refractivity (Wildman–Crippen MR) is 123 cm³/mol. The Morgan fingerprint density at radius 1 is 1.09 bits per heavy atom. The summed E-state index contributed by atoms with van der Waals surface area (Å²) < 4.78 is 0. The first-order chi connectivity index (χ1) is 15.5. The zero-order valence-electron chi connectivity index (χ0n) is 18.2. The second kappa shape index (κ2) is 7.10. The molecule has 1 aliphatic carbocycles. The zero-order valence-corrected chi connectivity index (χ0v) is 18.2. The number of rotatable bonds is 2. The van der Waals surface area contributed by atoms with E-state index in [1.807, 2.05) is 53.4 Å². The van der Waals surface area contributed by atoms with E-state index >= 15 is 0 Å². The SMILES string of the molecule is CCc1ccc(N2C(N)=C(C#N)[C@]3(C(=O)N(C)c4ccccc43)C3=C2CCCC3=O)cc1.